The van der Waals surface area contributed by atoms with Crippen molar-refractivity contribution in [2.75, 3.05) is 20.2 Å². The van der Waals surface area contributed by atoms with Crippen molar-refractivity contribution >= 4 is 17.5 Å². The van der Waals surface area contributed by atoms with Gasteiger partial charge in [0, 0.05) is 19.3 Å². The van der Waals surface area contributed by atoms with E-state index in [4.69, 9.17) is 21.1 Å². The minimum atomic E-state index is -4.68. The fourth-order valence-corrected chi connectivity index (χ4v) is 5.07. The molecule has 184 valence electrons. The van der Waals surface area contributed by atoms with Crippen molar-refractivity contribution in [1.82, 2.24) is 9.88 Å². The molecule has 34 heavy (non-hydrogen) atoms. The number of hydrogen-bond acceptors (Lipinski definition) is 4. The Hall–Kier alpha value is -2.48. The number of alkyl halides is 3. The Morgan fingerprint density at radius 1 is 1.12 bits per heavy atom. The van der Waals surface area contributed by atoms with Crippen molar-refractivity contribution in [3.63, 3.8) is 0 Å². The monoisotopic (exact) mass is 496 g/mol. The number of methoxy groups -OCH3 is 1. The lowest BCUT2D eigenvalue weighted by Gasteiger charge is -2.33. The third-order valence-electron chi connectivity index (χ3n) is 6.67. The molecule has 1 aromatic carbocycles. The summed E-state index contributed by atoms with van der Waals surface area (Å²) >= 11 is 5.91. The zero-order valence-electron chi connectivity index (χ0n) is 19.0. The number of halogens is 4. The van der Waals surface area contributed by atoms with Crippen LogP contribution in [0.25, 0.3) is 0 Å². The summed E-state index contributed by atoms with van der Waals surface area (Å²) in [7, 11) is 1.63. The van der Waals surface area contributed by atoms with Crippen LogP contribution in [0.5, 0.6) is 11.5 Å². The van der Waals surface area contributed by atoms with E-state index in [0.29, 0.717) is 37.6 Å². The minimum Gasteiger partial charge on any atom is -0.493 e. The van der Waals surface area contributed by atoms with E-state index in [2.05, 4.69) is 4.98 Å². The summed E-state index contributed by atoms with van der Waals surface area (Å²) in [5, 5.41) is -0.421. The summed E-state index contributed by atoms with van der Waals surface area (Å²) in [6.45, 7) is 0.737. The van der Waals surface area contributed by atoms with Crippen LogP contribution in [-0.4, -0.2) is 42.1 Å². The number of pyridine rings is 1. The molecule has 1 aliphatic carbocycles. The highest BCUT2D eigenvalue weighted by molar-refractivity contribution is 6.32. The number of aromatic nitrogens is 1. The van der Waals surface area contributed by atoms with E-state index in [1.54, 1.807) is 7.11 Å². The van der Waals surface area contributed by atoms with Gasteiger partial charge in [-0.2, -0.15) is 13.2 Å². The molecular formula is C25H28ClF3N2O3. The summed E-state index contributed by atoms with van der Waals surface area (Å²) in [6.07, 6.45) is 3.15. The van der Waals surface area contributed by atoms with Crippen molar-refractivity contribution in [2.45, 2.75) is 57.2 Å². The maximum atomic E-state index is 13.4. The summed E-state index contributed by atoms with van der Waals surface area (Å²) in [6, 6.07) is 6.75. The van der Waals surface area contributed by atoms with Gasteiger partial charge >= 0.3 is 6.18 Å². The van der Waals surface area contributed by atoms with E-state index in [0.717, 1.165) is 42.8 Å². The quantitative estimate of drug-likeness (QED) is 0.448. The van der Waals surface area contributed by atoms with Gasteiger partial charge in [0.05, 0.1) is 24.3 Å². The van der Waals surface area contributed by atoms with Crippen molar-refractivity contribution in [3.05, 3.63) is 52.3 Å². The molecule has 0 atom stereocenters. The van der Waals surface area contributed by atoms with Crippen molar-refractivity contribution < 1.29 is 27.4 Å². The topological polar surface area (TPSA) is 51.7 Å². The van der Waals surface area contributed by atoms with E-state index in [-0.39, 0.29) is 6.10 Å². The number of ether oxygens (including phenoxy) is 2. The molecule has 1 saturated heterocycles. The second-order valence-corrected chi connectivity index (χ2v) is 9.33. The van der Waals surface area contributed by atoms with Crippen molar-refractivity contribution in [1.29, 1.82) is 0 Å². The molecule has 0 bridgehead atoms. The summed E-state index contributed by atoms with van der Waals surface area (Å²) in [4.78, 5) is 18.0. The van der Waals surface area contributed by atoms with Crippen molar-refractivity contribution in [2.24, 2.45) is 5.92 Å². The average Bonchev–Trinajstić information content (AvgIpc) is 3.32. The van der Waals surface area contributed by atoms with Gasteiger partial charge in [-0.15, -0.1) is 0 Å². The highest BCUT2D eigenvalue weighted by atomic mass is 35.5. The van der Waals surface area contributed by atoms with E-state index in [9.17, 15) is 18.0 Å². The van der Waals surface area contributed by atoms with Gasteiger partial charge in [0.2, 0.25) is 0 Å². The Balaban J connectivity index is 1.40. The molecule has 0 N–H and O–H groups in total. The third kappa shape index (κ3) is 5.59. The molecule has 0 unspecified atom stereocenters. The number of amides is 1. The molecule has 0 spiro atoms. The van der Waals surface area contributed by atoms with Crippen LogP contribution in [0.15, 0.2) is 30.5 Å². The second kappa shape index (κ2) is 10.4. The van der Waals surface area contributed by atoms with Gasteiger partial charge in [-0.25, -0.2) is 4.98 Å². The first-order valence-corrected chi connectivity index (χ1v) is 12.0. The van der Waals surface area contributed by atoms with E-state index in [1.807, 2.05) is 18.2 Å². The zero-order valence-corrected chi connectivity index (χ0v) is 19.8. The summed E-state index contributed by atoms with van der Waals surface area (Å²) < 4.78 is 51.8. The highest BCUT2D eigenvalue weighted by Gasteiger charge is 2.38. The van der Waals surface area contributed by atoms with Gasteiger partial charge in [0.25, 0.3) is 5.91 Å². The highest BCUT2D eigenvalue weighted by Crippen LogP contribution is 2.36. The van der Waals surface area contributed by atoms with Gasteiger partial charge in [0.1, 0.15) is 5.15 Å². The first kappa shape index (κ1) is 24.6. The van der Waals surface area contributed by atoms with Gasteiger partial charge in [-0.05, 0) is 74.6 Å². The first-order valence-electron chi connectivity index (χ1n) is 11.6. The molecule has 5 nitrogen and oxygen atoms in total. The van der Waals surface area contributed by atoms with Gasteiger partial charge in [-0.1, -0.05) is 17.7 Å². The molecule has 1 amide bonds. The van der Waals surface area contributed by atoms with Crippen LogP contribution in [0, 0.1) is 5.92 Å². The van der Waals surface area contributed by atoms with Crippen molar-refractivity contribution in [3.8, 4) is 11.5 Å². The predicted molar refractivity (Wildman–Crippen MR) is 122 cm³/mol. The van der Waals surface area contributed by atoms with E-state index in [1.165, 1.54) is 17.7 Å². The second-order valence-electron chi connectivity index (χ2n) is 8.97. The number of benzene rings is 1. The molecule has 2 fully saturated rings. The number of nitrogens with zero attached hydrogens (tertiary/aromatic N) is 2. The van der Waals surface area contributed by atoms with Crippen LogP contribution < -0.4 is 9.47 Å². The Bertz CT molecular complexity index is 1020. The smallest absolute Gasteiger partial charge is 0.417 e. The number of piperidine rings is 1. The Kier molecular flexibility index (Phi) is 7.55. The number of hydrogen-bond donors (Lipinski definition) is 0. The van der Waals surface area contributed by atoms with Crippen LogP contribution in [0.1, 0.15) is 60.0 Å². The molecule has 2 aromatic rings. The molecule has 2 heterocycles. The molecule has 1 saturated carbocycles. The molecular weight excluding hydrogens is 469 g/mol. The minimum absolute atomic E-state index is 0.222. The van der Waals surface area contributed by atoms with E-state index >= 15 is 0 Å². The van der Waals surface area contributed by atoms with E-state index < -0.39 is 28.4 Å². The first-order chi connectivity index (χ1) is 16.3. The number of likely N-dealkylation sites (tertiary alicyclic amines) is 1. The molecule has 4 rings (SSSR count). The summed E-state index contributed by atoms with van der Waals surface area (Å²) in [5.41, 5.74) is -0.500. The lowest BCUT2D eigenvalue weighted by molar-refractivity contribution is -0.138. The Morgan fingerprint density at radius 3 is 2.47 bits per heavy atom. The molecule has 1 aromatic heterocycles. The number of rotatable bonds is 6. The third-order valence-corrected chi connectivity index (χ3v) is 6.96. The maximum Gasteiger partial charge on any atom is 0.417 e. The van der Waals surface area contributed by atoms with Crippen LogP contribution in [0.3, 0.4) is 0 Å². The Morgan fingerprint density at radius 2 is 1.82 bits per heavy atom. The lowest BCUT2D eigenvalue weighted by atomic mass is 9.89. The average molecular weight is 497 g/mol. The largest absolute Gasteiger partial charge is 0.493 e. The molecule has 2 aliphatic rings. The van der Waals surface area contributed by atoms with Crippen LogP contribution in [0.4, 0.5) is 13.2 Å². The Labute approximate surface area is 202 Å². The molecule has 0 radical (unpaired) electrons. The van der Waals surface area contributed by atoms with Gasteiger partial charge < -0.3 is 14.4 Å². The normalized spacial score (nSPS) is 17.7. The number of carbonyl (C=O) groups is 1. The van der Waals surface area contributed by atoms with Gasteiger partial charge in [0.15, 0.2) is 11.5 Å². The standard InChI is InChI=1S/C25H28ClF3N2O3/c1-33-20-7-6-17(15-21(20)34-18-4-2-3-5-18)14-16-9-12-31(13-10-16)24(32)22-19(25(27,28)29)8-11-30-23(22)26/h6-8,11,15-16,18H,2-5,9-10,12-14H2,1H3. The lowest BCUT2D eigenvalue weighted by Crippen LogP contribution is -2.40. The zero-order chi connectivity index (χ0) is 24.3. The maximum absolute atomic E-state index is 13.4. The van der Waals surface area contributed by atoms with Crippen LogP contribution >= 0.6 is 11.6 Å². The van der Waals surface area contributed by atoms with Crippen LogP contribution in [-0.2, 0) is 12.6 Å². The van der Waals surface area contributed by atoms with Gasteiger partial charge in [-0.3, -0.25) is 4.79 Å². The summed E-state index contributed by atoms with van der Waals surface area (Å²) in [5.74, 6) is 1.05. The molecule has 1 aliphatic heterocycles. The number of carbonyl (C=O) groups excluding carboxylic acids is 1. The SMILES string of the molecule is COc1ccc(CC2CCN(C(=O)c3c(C(F)(F)F)ccnc3Cl)CC2)cc1OC1CCCC1. The fourth-order valence-electron chi connectivity index (χ4n) is 4.83. The fraction of sp³-hybridized carbons (Fsp3) is 0.520. The molecule has 9 heteroatoms. The van der Waals surface area contributed by atoms with Crippen LogP contribution in [0.2, 0.25) is 5.15 Å². The predicted octanol–water partition coefficient (Wildman–Crippen LogP) is 6.18.